The van der Waals surface area contributed by atoms with Crippen molar-refractivity contribution in [3.8, 4) is 0 Å². The van der Waals surface area contributed by atoms with Crippen LogP contribution in [-0.4, -0.2) is 82.2 Å². The molecule has 0 aromatic rings. The van der Waals surface area contributed by atoms with Gasteiger partial charge in [-0.3, -0.25) is 14.4 Å². The van der Waals surface area contributed by atoms with E-state index in [9.17, 15) is 29.7 Å². The second kappa shape index (κ2) is 22.2. The number of aliphatic hydroxyl groups excluding tert-OH is 4. The van der Waals surface area contributed by atoms with Crippen molar-refractivity contribution in [1.29, 1.82) is 0 Å². The summed E-state index contributed by atoms with van der Waals surface area (Å²) in [5.41, 5.74) is 5.19. The van der Waals surface area contributed by atoms with Crippen LogP contribution in [0.4, 0.5) is 0 Å². The maximum absolute atomic E-state index is 12.2. The first-order valence-corrected chi connectivity index (χ1v) is 13.5. The van der Waals surface area contributed by atoms with E-state index in [2.05, 4.69) is 0 Å². The fourth-order valence-corrected chi connectivity index (χ4v) is 3.55. The minimum Gasteiger partial charge on any atom is -0.462 e. The van der Waals surface area contributed by atoms with Gasteiger partial charge in [0.25, 0.3) is 0 Å². The van der Waals surface area contributed by atoms with E-state index in [4.69, 9.17) is 25.1 Å². The Kier molecular flexibility index (Phi) is 21.1. The lowest BCUT2D eigenvalue weighted by Crippen LogP contribution is -2.33. The summed E-state index contributed by atoms with van der Waals surface area (Å²) in [5, 5.41) is 37.3. The number of carbonyl (C=O) groups excluding carboxylic acids is 3. The third-order valence-electron chi connectivity index (χ3n) is 5.91. The van der Waals surface area contributed by atoms with Crippen molar-refractivity contribution >= 4 is 17.9 Å². The van der Waals surface area contributed by atoms with Crippen LogP contribution in [-0.2, 0) is 28.6 Å². The van der Waals surface area contributed by atoms with Gasteiger partial charge in [-0.15, -0.1) is 0 Å². The van der Waals surface area contributed by atoms with Crippen molar-refractivity contribution in [1.82, 2.24) is 0 Å². The lowest BCUT2D eigenvalue weighted by molar-refractivity contribution is -0.166. The molecule has 0 radical (unpaired) electrons. The molecule has 0 amide bonds. The van der Waals surface area contributed by atoms with Crippen molar-refractivity contribution in [2.75, 3.05) is 13.2 Å². The third kappa shape index (κ3) is 22.0. The van der Waals surface area contributed by atoms with Crippen LogP contribution in [0.2, 0.25) is 0 Å². The first-order chi connectivity index (χ1) is 17.5. The molecule has 0 saturated heterocycles. The van der Waals surface area contributed by atoms with Crippen LogP contribution >= 0.6 is 0 Å². The molecule has 0 spiro atoms. The summed E-state index contributed by atoms with van der Waals surface area (Å²) in [6.45, 7) is 2.42. The molecular formula is C26H49NO10. The molecule has 0 aliphatic carbocycles. The van der Waals surface area contributed by atoms with Crippen molar-refractivity contribution in [2.45, 2.75) is 134 Å². The molecule has 11 nitrogen and oxygen atoms in total. The Balaban J connectivity index is 4.07. The Labute approximate surface area is 220 Å². The van der Waals surface area contributed by atoms with Crippen molar-refractivity contribution in [2.24, 2.45) is 5.73 Å². The summed E-state index contributed by atoms with van der Waals surface area (Å²) in [7, 11) is 0. The molecular weight excluding hydrogens is 486 g/mol. The van der Waals surface area contributed by atoms with Crippen molar-refractivity contribution < 1.29 is 49.0 Å². The van der Waals surface area contributed by atoms with Crippen LogP contribution in [0.3, 0.4) is 0 Å². The molecule has 0 rings (SSSR count). The predicted octanol–water partition coefficient (Wildman–Crippen LogP) is 1.85. The van der Waals surface area contributed by atoms with Gasteiger partial charge in [0.2, 0.25) is 0 Å². The van der Waals surface area contributed by atoms with E-state index in [1.54, 1.807) is 6.92 Å². The molecule has 0 aliphatic heterocycles. The number of unbranched alkanes of at least 4 members (excludes halogenated alkanes) is 8. The van der Waals surface area contributed by atoms with Gasteiger partial charge in [-0.2, -0.15) is 0 Å². The maximum Gasteiger partial charge on any atom is 0.306 e. The molecule has 218 valence electrons. The van der Waals surface area contributed by atoms with Crippen LogP contribution in [0.5, 0.6) is 0 Å². The Hall–Kier alpha value is -1.79. The Morgan fingerprint density at radius 2 is 1.14 bits per heavy atom. The van der Waals surface area contributed by atoms with E-state index in [1.807, 2.05) is 0 Å². The van der Waals surface area contributed by atoms with E-state index in [1.165, 1.54) is 6.92 Å². The molecule has 0 aromatic heterocycles. The molecule has 0 aliphatic rings. The summed E-state index contributed by atoms with van der Waals surface area (Å²) < 4.78 is 15.5. The zero-order valence-electron chi connectivity index (χ0n) is 22.5. The lowest BCUT2D eigenvalue weighted by atomic mass is 10.0. The molecule has 0 bridgehead atoms. The second-order valence-corrected chi connectivity index (χ2v) is 9.58. The molecule has 11 heteroatoms. The number of ether oxygens (including phenoxy) is 3. The van der Waals surface area contributed by atoms with Crippen LogP contribution in [0.1, 0.15) is 104 Å². The fourth-order valence-electron chi connectivity index (χ4n) is 3.55. The highest BCUT2D eigenvalue weighted by molar-refractivity contribution is 5.70. The highest BCUT2D eigenvalue weighted by atomic mass is 16.6. The number of aliphatic hydroxyl groups is 4. The van der Waals surface area contributed by atoms with Gasteiger partial charge in [-0.1, -0.05) is 51.4 Å². The summed E-state index contributed by atoms with van der Waals surface area (Å²) in [5.74, 6) is -1.41. The number of carbonyl (C=O) groups is 3. The normalized spacial score (nSPS) is 15.3. The topological polar surface area (TPSA) is 186 Å². The Bertz CT molecular complexity index is 614. The molecule has 0 aromatic carbocycles. The highest BCUT2D eigenvalue weighted by Gasteiger charge is 2.19. The van der Waals surface area contributed by atoms with Gasteiger partial charge in [-0.05, 0) is 32.6 Å². The van der Waals surface area contributed by atoms with Gasteiger partial charge in [0, 0.05) is 19.8 Å². The van der Waals surface area contributed by atoms with E-state index in [0.717, 1.165) is 51.4 Å². The standard InChI is InChI=1S/C26H49NO10/c1-19(28)22(30)13-9-5-3-7-11-15-24(32)36-18-21(17-35-20(2)29)37-25(33)16-12-8-4-6-10-14-23(31)26(27)34/h19,21-23,26,28,30-31,34H,3-18,27H2,1-2H3. The zero-order valence-corrected chi connectivity index (χ0v) is 22.5. The SMILES string of the molecule is CC(=O)OCC(COC(=O)CCCCCCCC(O)C(C)O)OC(=O)CCCCCCCC(O)C(N)O. The summed E-state index contributed by atoms with van der Waals surface area (Å²) in [6.07, 6.45) is 4.87. The predicted molar refractivity (Wildman–Crippen MR) is 136 cm³/mol. The van der Waals surface area contributed by atoms with Crippen LogP contribution < -0.4 is 5.73 Å². The summed E-state index contributed by atoms with van der Waals surface area (Å²) in [4.78, 5) is 35.3. The fraction of sp³-hybridized carbons (Fsp3) is 0.885. The summed E-state index contributed by atoms with van der Waals surface area (Å²) >= 11 is 0. The minimum atomic E-state index is -1.23. The average molecular weight is 536 g/mol. The van der Waals surface area contributed by atoms with Crippen molar-refractivity contribution in [3.05, 3.63) is 0 Å². The minimum absolute atomic E-state index is 0.183. The van der Waals surface area contributed by atoms with Gasteiger partial charge in [0.15, 0.2) is 6.10 Å². The number of nitrogens with two attached hydrogens (primary N) is 1. The van der Waals surface area contributed by atoms with Gasteiger partial charge >= 0.3 is 17.9 Å². The number of esters is 3. The quantitative estimate of drug-likeness (QED) is 0.0556. The molecule has 5 unspecified atom stereocenters. The number of hydrogen-bond donors (Lipinski definition) is 5. The second-order valence-electron chi connectivity index (χ2n) is 9.58. The number of rotatable bonds is 23. The first-order valence-electron chi connectivity index (χ1n) is 13.5. The molecule has 0 saturated carbocycles. The molecule has 37 heavy (non-hydrogen) atoms. The molecule has 5 atom stereocenters. The van der Waals surface area contributed by atoms with Crippen molar-refractivity contribution in [3.63, 3.8) is 0 Å². The lowest BCUT2D eigenvalue weighted by Gasteiger charge is -2.18. The molecule has 0 fully saturated rings. The first kappa shape index (κ1) is 35.2. The van der Waals surface area contributed by atoms with E-state index in [-0.39, 0.29) is 26.1 Å². The van der Waals surface area contributed by atoms with Crippen LogP contribution in [0.25, 0.3) is 0 Å². The monoisotopic (exact) mass is 535 g/mol. The van der Waals surface area contributed by atoms with E-state index in [0.29, 0.717) is 25.7 Å². The summed E-state index contributed by atoms with van der Waals surface area (Å²) in [6, 6.07) is 0. The van der Waals surface area contributed by atoms with Crippen LogP contribution in [0.15, 0.2) is 0 Å². The van der Waals surface area contributed by atoms with Gasteiger partial charge < -0.3 is 40.4 Å². The largest absolute Gasteiger partial charge is 0.462 e. The number of hydrogen-bond acceptors (Lipinski definition) is 11. The van der Waals surface area contributed by atoms with Gasteiger partial charge in [0.1, 0.15) is 19.4 Å². The van der Waals surface area contributed by atoms with E-state index >= 15 is 0 Å². The Morgan fingerprint density at radius 3 is 1.65 bits per heavy atom. The Morgan fingerprint density at radius 1 is 0.676 bits per heavy atom. The smallest absolute Gasteiger partial charge is 0.306 e. The van der Waals surface area contributed by atoms with Gasteiger partial charge in [0.05, 0.1) is 18.3 Å². The van der Waals surface area contributed by atoms with Crippen LogP contribution in [0, 0.1) is 0 Å². The highest BCUT2D eigenvalue weighted by Crippen LogP contribution is 2.12. The average Bonchev–Trinajstić information content (AvgIpc) is 2.83. The molecule has 0 heterocycles. The maximum atomic E-state index is 12.2. The van der Waals surface area contributed by atoms with Gasteiger partial charge in [-0.25, -0.2) is 0 Å². The van der Waals surface area contributed by atoms with E-state index < -0.39 is 48.6 Å². The molecule has 6 N–H and O–H groups in total. The third-order valence-corrected chi connectivity index (χ3v) is 5.91. The zero-order chi connectivity index (χ0) is 28.1.